The highest BCUT2D eigenvalue weighted by Crippen LogP contribution is 2.51. The Labute approximate surface area is 115 Å². The molecule has 0 amide bonds. The molecule has 2 aliphatic rings. The van der Waals surface area contributed by atoms with Gasteiger partial charge in [0.15, 0.2) is 0 Å². The maximum Gasteiger partial charge on any atom is 0.231 e. The van der Waals surface area contributed by atoms with Crippen molar-refractivity contribution in [1.29, 1.82) is 0 Å². The number of hydrogen-bond donors (Lipinski definition) is 1. The normalized spacial score (nSPS) is 31.9. The van der Waals surface area contributed by atoms with E-state index in [4.69, 9.17) is 10.3 Å². The summed E-state index contributed by atoms with van der Waals surface area (Å²) in [4.78, 5) is 8.38. The van der Waals surface area contributed by atoms with Gasteiger partial charge in [-0.1, -0.05) is 5.16 Å². The van der Waals surface area contributed by atoms with Crippen LogP contribution in [0.25, 0.3) is 11.5 Å². The lowest BCUT2D eigenvalue weighted by Gasteiger charge is -2.24. The highest BCUT2D eigenvalue weighted by atomic mass is 19.1. The van der Waals surface area contributed by atoms with Gasteiger partial charge in [0, 0.05) is 6.04 Å². The highest BCUT2D eigenvalue weighted by Gasteiger charge is 2.48. The molecule has 0 radical (unpaired) electrons. The van der Waals surface area contributed by atoms with Crippen LogP contribution in [-0.4, -0.2) is 21.2 Å². The predicted octanol–water partition coefficient (Wildman–Crippen LogP) is 2.11. The fourth-order valence-electron chi connectivity index (χ4n) is 3.68. The van der Waals surface area contributed by atoms with Crippen LogP contribution in [-0.2, 0) is 0 Å². The second-order valence-corrected chi connectivity index (χ2v) is 5.75. The zero-order chi connectivity index (χ0) is 13.7. The minimum atomic E-state index is -0.382. The Morgan fingerprint density at radius 3 is 2.80 bits per heavy atom. The number of nitrogens with zero attached hydrogens (tertiary/aromatic N) is 3. The van der Waals surface area contributed by atoms with Crippen LogP contribution in [0.4, 0.5) is 4.39 Å². The van der Waals surface area contributed by atoms with Gasteiger partial charge in [-0.15, -0.1) is 0 Å². The van der Waals surface area contributed by atoms with E-state index in [2.05, 4.69) is 15.1 Å². The minimum absolute atomic E-state index is 0.114. The van der Waals surface area contributed by atoms with E-state index >= 15 is 0 Å². The van der Waals surface area contributed by atoms with Gasteiger partial charge in [-0.3, -0.25) is 0 Å². The van der Waals surface area contributed by atoms with Crippen molar-refractivity contribution >= 4 is 0 Å². The van der Waals surface area contributed by atoms with E-state index in [0.29, 0.717) is 29.2 Å². The molecule has 2 aromatic heterocycles. The van der Waals surface area contributed by atoms with Gasteiger partial charge >= 0.3 is 0 Å². The fraction of sp³-hybridized carbons (Fsp3) is 0.500. The Balaban J connectivity index is 1.64. The number of rotatable bonds is 2. The van der Waals surface area contributed by atoms with Crippen molar-refractivity contribution in [3.63, 3.8) is 0 Å². The summed E-state index contributed by atoms with van der Waals surface area (Å²) in [6, 6.07) is 3.00. The average molecular weight is 274 g/mol. The van der Waals surface area contributed by atoms with Crippen molar-refractivity contribution in [3.05, 3.63) is 30.0 Å². The van der Waals surface area contributed by atoms with Crippen molar-refractivity contribution in [2.75, 3.05) is 0 Å². The molecular weight excluding hydrogens is 259 g/mol. The first kappa shape index (κ1) is 12.0. The van der Waals surface area contributed by atoms with Crippen molar-refractivity contribution in [1.82, 2.24) is 15.1 Å². The van der Waals surface area contributed by atoms with E-state index < -0.39 is 0 Å². The van der Waals surface area contributed by atoms with Crippen LogP contribution >= 0.6 is 0 Å². The van der Waals surface area contributed by atoms with Crippen LogP contribution in [0.5, 0.6) is 0 Å². The van der Waals surface area contributed by atoms with Crippen molar-refractivity contribution in [2.24, 2.45) is 17.6 Å². The van der Waals surface area contributed by atoms with Crippen LogP contribution in [0.2, 0.25) is 0 Å². The van der Waals surface area contributed by atoms with E-state index in [9.17, 15) is 4.39 Å². The van der Waals surface area contributed by atoms with Gasteiger partial charge in [-0.2, -0.15) is 4.98 Å². The van der Waals surface area contributed by atoms with Crippen LogP contribution in [0.1, 0.15) is 31.1 Å². The van der Waals surface area contributed by atoms with Gasteiger partial charge < -0.3 is 10.3 Å². The molecule has 4 unspecified atom stereocenters. The second-order valence-electron chi connectivity index (χ2n) is 5.75. The zero-order valence-electron chi connectivity index (χ0n) is 10.9. The summed E-state index contributed by atoms with van der Waals surface area (Å²) >= 11 is 0. The summed E-state index contributed by atoms with van der Waals surface area (Å²) in [5, 5.41) is 3.95. The molecule has 6 heteroatoms. The lowest BCUT2D eigenvalue weighted by atomic mass is 9.85. The summed E-state index contributed by atoms with van der Waals surface area (Å²) in [5.74, 6) is 1.93. The maximum absolute atomic E-state index is 12.9. The van der Waals surface area contributed by atoms with Crippen molar-refractivity contribution in [2.45, 2.75) is 31.2 Å². The first-order chi connectivity index (χ1) is 9.72. The van der Waals surface area contributed by atoms with Gasteiger partial charge in [0.05, 0.1) is 12.1 Å². The quantitative estimate of drug-likeness (QED) is 0.907. The molecule has 4 atom stereocenters. The Hall–Kier alpha value is -1.82. The number of pyridine rings is 1. The van der Waals surface area contributed by atoms with Gasteiger partial charge in [-0.05, 0) is 43.2 Å². The Morgan fingerprint density at radius 1 is 1.25 bits per heavy atom. The Morgan fingerprint density at radius 2 is 2.10 bits per heavy atom. The molecule has 2 bridgehead atoms. The Bertz CT molecular complexity index is 624. The summed E-state index contributed by atoms with van der Waals surface area (Å²) in [5.41, 5.74) is 6.78. The molecule has 4 rings (SSSR count). The summed E-state index contributed by atoms with van der Waals surface area (Å²) < 4.78 is 18.2. The van der Waals surface area contributed by atoms with Crippen molar-refractivity contribution in [3.8, 4) is 11.5 Å². The third-order valence-corrected chi connectivity index (χ3v) is 4.66. The first-order valence-electron chi connectivity index (χ1n) is 6.93. The van der Waals surface area contributed by atoms with E-state index in [1.165, 1.54) is 25.3 Å². The first-order valence-corrected chi connectivity index (χ1v) is 6.93. The van der Waals surface area contributed by atoms with Gasteiger partial charge in [0.2, 0.25) is 11.7 Å². The largest absolute Gasteiger partial charge is 0.339 e. The van der Waals surface area contributed by atoms with Crippen molar-refractivity contribution < 1.29 is 8.91 Å². The van der Waals surface area contributed by atoms with E-state index in [-0.39, 0.29) is 17.8 Å². The molecule has 0 saturated heterocycles. The molecule has 104 valence electrons. The summed E-state index contributed by atoms with van der Waals surface area (Å²) in [6.07, 6.45) is 4.71. The molecule has 0 spiro atoms. The third-order valence-electron chi connectivity index (χ3n) is 4.66. The molecule has 5 nitrogen and oxygen atoms in total. The predicted molar refractivity (Wildman–Crippen MR) is 69.0 cm³/mol. The Kier molecular flexibility index (Phi) is 2.60. The molecule has 2 heterocycles. The number of halogens is 1. The van der Waals surface area contributed by atoms with Crippen LogP contribution < -0.4 is 5.73 Å². The van der Waals surface area contributed by atoms with Crippen LogP contribution in [0.3, 0.4) is 0 Å². The fourth-order valence-corrected chi connectivity index (χ4v) is 3.68. The molecule has 20 heavy (non-hydrogen) atoms. The lowest BCUT2D eigenvalue weighted by molar-refractivity contribution is 0.279. The van der Waals surface area contributed by atoms with E-state index in [1.54, 1.807) is 6.07 Å². The SMILES string of the molecule is NC1C2CCC(C2)C1c1nc(-c2ccc(F)cn2)no1. The smallest absolute Gasteiger partial charge is 0.231 e. The number of fused-ring (bicyclic) bond motifs is 2. The third kappa shape index (κ3) is 1.75. The molecule has 0 aromatic carbocycles. The standard InChI is InChI=1S/C14H15FN4O/c15-9-3-4-10(17-6-9)13-18-14(20-19-13)11-7-1-2-8(5-7)12(11)16/h3-4,6-8,11-12H,1-2,5,16H2. The second kappa shape index (κ2) is 4.34. The lowest BCUT2D eigenvalue weighted by Crippen LogP contribution is -2.34. The average Bonchev–Trinajstić information content (AvgIpc) is 3.14. The van der Waals surface area contributed by atoms with E-state index in [1.807, 2.05) is 0 Å². The topological polar surface area (TPSA) is 77.8 Å². The molecule has 2 aliphatic carbocycles. The van der Waals surface area contributed by atoms with Gasteiger partial charge in [0.25, 0.3) is 0 Å². The van der Waals surface area contributed by atoms with Crippen LogP contribution in [0.15, 0.2) is 22.9 Å². The maximum atomic E-state index is 12.9. The zero-order valence-corrected chi connectivity index (χ0v) is 10.9. The number of nitrogens with two attached hydrogens (primary N) is 1. The monoisotopic (exact) mass is 274 g/mol. The molecule has 2 fully saturated rings. The molecule has 2 aromatic rings. The number of hydrogen-bond acceptors (Lipinski definition) is 5. The number of aromatic nitrogens is 3. The molecular formula is C14H15FN4O. The van der Waals surface area contributed by atoms with Gasteiger partial charge in [0.1, 0.15) is 11.5 Å². The molecule has 0 aliphatic heterocycles. The summed E-state index contributed by atoms with van der Waals surface area (Å²) in [6.45, 7) is 0. The highest BCUT2D eigenvalue weighted by molar-refractivity contribution is 5.47. The van der Waals surface area contributed by atoms with Gasteiger partial charge in [-0.25, -0.2) is 9.37 Å². The summed E-state index contributed by atoms with van der Waals surface area (Å²) in [7, 11) is 0. The van der Waals surface area contributed by atoms with E-state index in [0.717, 1.165) is 6.20 Å². The minimum Gasteiger partial charge on any atom is -0.339 e. The molecule has 2 N–H and O–H groups in total. The van der Waals surface area contributed by atoms with Crippen LogP contribution in [0, 0.1) is 17.7 Å². The molecule has 2 saturated carbocycles.